The number of aryl methyl sites for hydroxylation is 1. The molecule has 0 atom stereocenters. The number of benzene rings is 2. The molecule has 6 heteroatoms. The molecular weight excluding hydrogens is 334 g/mol. The quantitative estimate of drug-likeness (QED) is 0.678. The number of hydrogen-bond acceptors (Lipinski definition) is 5. The second-order valence-corrected chi connectivity index (χ2v) is 5.92. The van der Waals surface area contributed by atoms with Crippen LogP contribution in [0.2, 0.25) is 0 Å². The van der Waals surface area contributed by atoms with Crippen LogP contribution in [-0.2, 0) is 0 Å². The topological polar surface area (TPSA) is 76.8 Å². The highest BCUT2D eigenvalue weighted by atomic mass is 16.5. The molecule has 0 bridgehead atoms. The average Bonchev–Trinajstić information content (AvgIpc) is 2.87. The van der Waals surface area contributed by atoms with E-state index in [0.717, 1.165) is 4.90 Å². The molecule has 2 heterocycles. The predicted molar refractivity (Wildman–Crippen MR) is 96.0 cm³/mol. The molecule has 26 heavy (non-hydrogen) atoms. The van der Waals surface area contributed by atoms with Gasteiger partial charge in [0, 0.05) is 6.07 Å². The van der Waals surface area contributed by atoms with E-state index in [-0.39, 0.29) is 28.0 Å². The lowest BCUT2D eigenvalue weighted by Gasteiger charge is -2.16. The standard InChI is InChI=1S/C20H15NO5/c1-3-25-12-8-9-15-16(10-12)26-11(2)17(18(15)22)21-19(23)13-6-4-5-7-14(13)20(21)24/h4-10H,3H2,1-2H3. The molecule has 0 radical (unpaired) electrons. The number of anilines is 1. The zero-order valence-corrected chi connectivity index (χ0v) is 14.2. The number of imide groups is 1. The molecule has 3 aromatic rings. The first-order valence-corrected chi connectivity index (χ1v) is 8.21. The fraction of sp³-hybridized carbons (Fsp3) is 0.150. The van der Waals surface area contributed by atoms with Gasteiger partial charge in [-0.25, -0.2) is 4.90 Å². The lowest BCUT2D eigenvalue weighted by atomic mass is 10.1. The van der Waals surface area contributed by atoms with E-state index in [1.54, 1.807) is 49.4 Å². The van der Waals surface area contributed by atoms with Crippen LogP contribution in [-0.4, -0.2) is 18.4 Å². The Labute approximate surface area is 148 Å². The molecule has 1 aliphatic rings. The third kappa shape index (κ3) is 2.23. The van der Waals surface area contributed by atoms with Gasteiger partial charge in [0.15, 0.2) is 0 Å². The van der Waals surface area contributed by atoms with E-state index in [9.17, 15) is 14.4 Å². The SMILES string of the molecule is CCOc1ccc2c(=O)c(N3C(=O)c4ccccc4C3=O)c(C)oc2c1. The summed E-state index contributed by atoms with van der Waals surface area (Å²) in [7, 11) is 0. The summed E-state index contributed by atoms with van der Waals surface area (Å²) in [5.74, 6) is -0.265. The summed E-state index contributed by atoms with van der Waals surface area (Å²) in [6, 6.07) is 11.4. The Morgan fingerprint density at radius 2 is 1.65 bits per heavy atom. The molecule has 0 N–H and O–H groups in total. The summed E-state index contributed by atoms with van der Waals surface area (Å²) in [6.45, 7) is 3.91. The highest BCUT2D eigenvalue weighted by Gasteiger charge is 2.39. The molecule has 0 saturated carbocycles. The first-order valence-electron chi connectivity index (χ1n) is 8.21. The van der Waals surface area contributed by atoms with Crippen molar-refractivity contribution in [1.29, 1.82) is 0 Å². The molecule has 0 fully saturated rings. The Bertz CT molecular complexity index is 1090. The molecule has 0 spiro atoms. The normalized spacial score (nSPS) is 13.4. The number of fused-ring (bicyclic) bond motifs is 2. The number of carbonyl (C=O) groups excluding carboxylic acids is 2. The monoisotopic (exact) mass is 349 g/mol. The third-order valence-electron chi connectivity index (χ3n) is 4.34. The second-order valence-electron chi connectivity index (χ2n) is 5.92. The Morgan fingerprint density at radius 3 is 2.27 bits per heavy atom. The molecule has 4 rings (SSSR count). The molecule has 1 aliphatic heterocycles. The van der Waals surface area contributed by atoms with Gasteiger partial charge in [0.25, 0.3) is 11.8 Å². The number of rotatable bonds is 3. The largest absolute Gasteiger partial charge is 0.494 e. The van der Waals surface area contributed by atoms with Gasteiger partial charge in [0.05, 0.1) is 23.1 Å². The highest BCUT2D eigenvalue weighted by molar-refractivity contribution is 6.34. The van der Waals surface area contributed by atoms with Gasteiger partial charge >= 0.3 is 0 Å². The van der Waals surface area contributed by atoms with Crippen LogP contribution in [0.5, 0.6) is 5.75 Å². The van der Waals surface area contributed by atoms with E-state index in [4.69, 9.17) is 9.15 Å². The molecular formula is C20H15NO5. The van der Waals surface area contributed by atoms with Crippen molar-refractivity contribution >= 4 is 28.5 Å². The lowest BCUT2D eigenvalue weighted by Crippen LogP contribution is -2.34. The van der Waals surface area contributed by atoms with Crippen LogP contribution >= 0.6 is 0 Å². The van der Waals surface area contributed by atoms with Gasteiger partial charge in [0.1, 0.15) is 22.8 Å². The molecule has 6 nitrogen and oxygen atoms in total. The summed E-state index contributed by atoms with van der Waals surface area (Å²) < 4.78 is 11.2. The van der Waals surface area contributed by atoms with Crippen molar-refractivity contribution in [2.45, 2.75) is 13.8 Å². The minimum absolute atomic E-state index is 0.0483. The van der Waals surface area contributed by atoms with Gasteiger partial charge in [-0.1, -0.05) is 12.1 Å². The van der Waals surface area contributed by atoms with Crippen LogP contribution in [0, 0.1) is 6.92 Å². The van der Waals surface area contributed by atoms with Crippen LogP contribution in [0.15, 0.2) is 51.7 Å². The van der Waals surface area contributed by atoms with Crippen LogP contribution in [0.4, 0.5) is 5.69 Å². The van der Waals surface area contributed by atoms with Gasteiger partial charge in [-0.2, -0.15) is 0 Å². The van der Waals surface area contributed by atoms with Crippen molar-refractivity contribution in [2.75, 3.05) is 11.5 Å². The lowest BCUT2D eigenvalue weighted by molar-refractivity contribution is 0.0925. The molecule has 0 saturated heterocycles. The fourth-order valence-electron chi connectivity index (χ4n) is 3.18. The van der Waals surface area contributed by atoms with Crippen LogP contribution in [0.25, 0.3) is 11.0 Å². The summed E-state index contributed by atoms with van der Waals surface area (Å²) in [6.07, 6.45) is 0. The first kappa shape index (κ1) is 16.1. The van der Waals surface area contributed by atoms with Gasteiger partial charge in [-0.15, -0.1) is 0 Å². The van der Waals surface area contributed by atoms with Gasteiger partial charge in [-0.3, -0.25) is 14.4 Å². The number of ether oxygens (including phenoxy) is 1. The average molecular weight is 349 g/mol. The smallest absolute Gasteiger partial charge is 0.266 e. The Balaban J connectivity index is 1.91. The zero-order valence-electron chi connectivity index (χ0n) is 14.2. The van der Waals surface area contributed by atoms with Crippen molar-refractivity contribution in [1.82, 2.24) is 0 Å². The number of carbonyl (C=O) groups is 2. The number of nitrogens with zero attached hydrogens (tertiary/aromatic N) is 1. The fourth-order valence-corrected chi connectivity index (χ4v) is 3.18. The molecule has 2 amide bonds. The predicted octanol–water partition coefficient (Wildman–Crippen LogP) is 3.30. The van der Waals surface area contributed by atoms with Crippen molar-refractivity contribution < 1.29 is 18.7 Å². The van der Waals surface area contributed by atoms with Crippen LogP contribution < -0.4 is 15.1 Å². The van der Waals surface area contributed by atoms with E-state index >= 15 is 0 Å². The summed E-state index contributed by atoms with van der Waals surface area (Å²) in [5.41, 5.74) is 0.430. The maximum Gasteiger partial charge on any atom is 0.266 e. The summed E-state index contributed by atoms with van der Waals surface area (Å²) in [5, 5.41) is 0.283. The maximum atomic E-state index is 13.0. The third-order valence-corrected chi connectivity index (χ3v) is 4.34. The second kappa shape index (κ2) is 5.84. The molecule has 2 aromatic carbocycles. The van der Waals surface area contributed by atoms with E-state index in [1.807, 2.05) is 6.92 Å². The first-order chi connectivity index (χ1) is 12.5. The van der Waals surface area contributed by atoms with E-state index in [2.05, 4.69) is 0 Å². The minimum Gasteiger partial charge on any atom is -0.494 e. The van der Waals surface area contributed by atoms with Crippen molar-refractivity contribution in [2.24, 2.45) is 0 Å². The van der Waals surface area contributed by atoms with Crippen LogP contribution in [0.1, 0.15) is 33.4 Å². The Hall–Kier alpha value is -3.41. The summed E-state index contributed by atoms with van der Waals surface area (Å²) in [4.78, 5) is 39.3. The highest BCUT2D eigenvalue weighted by Crippen LogP contribution is 2.31. The maximum absolute atomic E-state index is 13.0. The van der Waals surface area contributed by atoms with Crippen molar-refractivity contribution in [3.8, 4) is 5.75 Å². The van der Waals surface area contributed by atoms with Crippen LogP contribution in [0.3, 0.4) is 0 Å². The number of amides is 2. The zero-order chi connectivity index (χ0) is 18.4. The van der Waals surface area contributed by atoms with Gasteiger partial charge < -0.3 is 9.15 Å². The Morgan fingerprint density at radius 1 is 1.00 bits per heavy atom. The van der Waals surface area contributed by atoms with Crippen molar-refractivity contribution in [3.63, 3.8) is 0 Å². The molecule has 0 aliphatic carbocycles. The molecule has 130 valence electrons. The summed E-state index contributed by atoms with van der Waals surface area (Å²) >= 11 is 0. The number of hydrogen-bond donors (Lipinski definition) is 0. The Kier molecular flexibility index (Phi) is 3.61. The van der Waals surface area contributed by atoms with Gasteiger partial charge in [0.2, 0.25) is 5.43 Å². The van der Waals surface area contributed by atoms with E-state index < -0.39 is 17.2 Å². The van der Waals surface area contributed by atoms with E-state index in [1.165, 1.54) is 0 Å². The minimum atomic E-state index is -0.522. The molecule has 0 unspecified atom stereocenters. The van der Waals surface area contributed by atoms with Crippen molar-refractivity contribution in [3.05, 3.63) is 69.6 Å². The molecule has 1 aromatic heterocycles. The van der Waals surface area contributed by atoms with E-state index in [0.29, 0.717) is 17.9 Å². The van der Waals surface area contributed by atoms with Gasteiger partial charge in [-0.05, 0) is 38.1 Å².